The Hall–Kier alpha value is -2.65. The third kappa shape index (κ3) is 3.65. The summed E-state index contributed by atoms with van der Waals surface area (Å²) in [6.07, 6.45) is 3.45. The molecule has 0 spiro atoms. The van der Waals surface area contributed by atoms with Crippen LogP contribution >= 0.6 is 11.6 Å². The maximum absolute atomic E-state index is 14.8. The lowest BCUT2D eigenvalue weighted by atomic mass is 9.91. The topological polar surface area (TPSA) is 98.3 Å². The molecule has 1 aromatic carbocycles. The monoisotopic (exact) mass is 464 g/mol. The van der Waals surface area contributed by atoms with Crippen molar-refractivity contribution in [3.8, 4) is 0 Å². The lowest BCUT2D eigenvalue weighted by Gasteiger charge is -2.35. The molecular weight excluding hydrogens is 446 g/mol. The molecule has 1 aliphatic heterocycles. The van der Waals surface area contributed by atoms with Crippen molar-refractivity contribution in [2.24, 2.45) is 10.7 Å². The molecule has 2 N–H and O–H groups in total. The van der Waals surface area contributed by atoms with Crippen LogP contribution in [0.3, 0.4) is 0 Å². The van der Waals surface area contributed by atoms with Crippen LogP contribution < -0.4 is 5.73 Å². The fourth-order valence-electron chi connectivity index (χ4n) is 3.71. The fourth-order valence-corrected chi connectivity index (χ4v) is 5.47. The molecule has 4 rings (SSSR count). The molecule has 10 heteroatoms. The number of hydrogen-bond acceptors (Lipinski definition) is 6. The Balaban J connectivity index is 1.78. The van der Waals surface area contributed by atoms with E-state index < -0.39 is 37.8 Å². The van der Waals surface area contributed by atoms with E-state index in [0.29, 0.717) is 28.2 Å². The highest BCUT2D eigenvalue weighted by Gasteiger charge is 2.53. The average Bonchev–Trinajstić information content (AvgIpc) is 2.67. The molecular formula is C21H19ClF2N4O2S. The first-order chi connectivity index (χ1) is 14.4. The molecule has 2 atom stereocenters. The van der Waals surface area contributed by atoms with E-state index in [0.717, 1.165) is 12.3 Å². The van der Waals surface area contributed by atoms with Crippen LogP contribution in [0.25, 0.3) is 10.9 Å². The lowest BCUT2D eigenvalue weighted by molar-refractivity contribution is 0.354. The Morgan fingerprint density at radius 2 is 1.94 bits per heavy atom. The number of aliphatic imine (C=N–C) groups is 1. The minimum Gasteiger partial charge on any atom is -0.384 e. The summed E-state index contributed by atoms with van der Waals surface area (Å²) in [5, 5.41) is -1.49. The minimum atomic E-state index is -4.31. The SMILES string of the molecule is C[C@]1(F)C(N)=N[C@](C)(c2cc(Cc3nccc4cc(Cl)cnc34)ccc2F)CS1(=O)=O. The number of pyridine rings is 2. The second-order valence-corrected chi connectivity index (χ2v) is 10.6. The number of hydrogen-bond donors (Lipinski definition) is 1. The second-order valence-electron chi connectivity index (χ2n) is 7.92. The molecule has 3 heterocycles. The summed E-state index contributed by atoms with van der Waals surface area (Å²) in [7, 11) is -4.31. The summed E-state index contributed by atoms with van der Waals surface area (Å²) in [5.74, 6) is -2.06. The summed E-state index contributed by atoms with van der Waals surface area (Å²) < 4.78 is 54.3. The Morgan fingerprint density at radius 1 is 1.19 bits per heavy atom. The van der Waals surface area contributed by atoms with E-state index in [1.54, 1.807) is 24.4 Å². The minimum absolute atomic E-state index is 0.0169. The van der Waals surface area contributed by atoms with Crippen molar-refractivity contribution < 1.29 is 17.2 Å². The van der Waals surface area contributed by atoms with Crippen LogP contribution in [0.15, 0.2) is 47.7 Å². The van der Waals surface area contributed by atoms with Gasteiger partial charge in [0.15, 0.2) is 9.84 Å². The molecule has 0 bridgehead atoms. The van der Waals surface area contributed by atoms with Gasteiger partial charge in [0.05, 0.1) is 22.0 Å². The first kappa shape index (κ1) is 21.6. The number of aromatic nitrogens is 2. The normalized spacial score (nSPS) is 25.4. The van der Waals surface area contributed by atoms with Gasteiger partial charge < -0.3 is 5.73 Å². The molecule has 1 aliphatic rings. The molecule has 0 unspecified atom stereocenters. The number of alkyl halides is 1. The van der Waals surface area contributed by atoms with Crippen molar-refractivity contribution in [2.75, 3.05) is 5.75 Å². The molecule has 0 saturated carbocycles. The number of amidine groups is 1. The Bertz CT molecular complexity index is 1340. The standard InChI is InChI=1S/C21H19ClF2N4O2S/c1-20(11-31(29,30)21(2,24)19(25)28-20)15-7-12(3-4-16(15)23)8-17-18-13(5-6-26-17)9-14(22)10-27-18/h3-7,9-10H,8,11H2,1-2H3,(H2,25,28)/t20-,21+/m0/s1. The van der Waals surface area contributed by atoms with Crippen LogP contribution in [-0.2, 0) is 21.8 Å². The van der Waals surface area contributed by atoms with E-state index in [4.69, 9.17) is 17.3 Å². The Kier molecular flexibility index (Phi) is 5.01. The number of halogens is 3. The molecule has 31 heavy (non-hydrogen) atoms. The maximum Gasteiger partial charge on any atom is 0.263 e. The van der Waals surface area contributed by atoms with E-state index in [1.165, 1.54) is 25.3 Å². The predicted molar refractivity (Wildman–Crippen MR) is 116 cm³/mol. The van der Waals surface area contributed by atoms with E-state index in [2.05, 4.69) is 15.0 Å². The quantitative estimate of drug-likeness (QED) is 0.637. The van der Waals surface area contributed by atoms with Crippen molar-refractivity contribution in [2.45, 2.75) is 30.8 Å². The van der Waals surface area contributed by atoms with Gasteiger partial charge in [-0.1, -0.05) is 23.7 Å². The molecule has 0 radical (unpaired) electrons. The second kappa shape index (κ2) is 7.20. The number of nitrogens with zero attached hydrogens (tertiary/aromatic N) is 3. The Labute approximate surface area is 183 Å². The van der Waals surface area contributed by atoms with Gasteiger partial charge in [-0.3, -0.25) is 15.0 Å². The summed E-state index contributed by atoms with van der Waals surface area (Å²) in [6.45, 7) is 2.27. The molecule has 0 fully saturated rings. The van der Waals surface area contributed by atoms with Gasteiger partial charge in [-0.05, 0) is 37.6 Å². The van der Waals surface area contributed by atoms with Gasteiger partial charge in [0.2, 0.25) is 0 Å². The summed E-state index contributed by atoms with van der Waals surface area (Å²) >= 11 is 6.00. The van der Waals surface area contributed by atoms with Crippen LogP contribution in [0.2, 0.25) is 5.02 Å². The van der Waals surface area contributed by atoms with Gasteiger partial charge in [-0.2, -0.15) is 0 Å². The first-order valence-corrected chi connectivity index (χ1v) is 11.4. The van der Waals surface area contributed by atoms with Crippen molar-refractivity contribution in [1.82, 2.24) is 9.97 Å². The highest BCUT2D eigenvalue weighted by atomic mass is 35.5. The number of fused-ring (bicyclic) bond motifs is 1. The van der Waals surface area contributed by atoms with Crippen LogP contribution in [0.1, 0.15) is 30.7 Å². The van der Waals surface area contributed by atoms with Crippen molar-refractivity contribution in [3.63, 3.8) is 0 Å². The van der Waals surface area contributed by atoms with Gasteiger partial charge in [0.25, 0.3) is 5.00 Å². The molecule has 2 aromatic heterocycles. The van der Waals surface area contributed by atoms with Gasteiger partial charge in [-0.25, -0.2) is 17.2 Å². The summed E-state index contributed by atoms with van der Waals surface area (Å²) in [6, 6.07) is 7.87. The lowest BCUT2D eigenvalue weighted by Crippen LogP contribution is -2.54. The largest absolute Gasteiger partial charge is 0.384 e. The van der Waals surface area contributed by atoms with Gasteiger partial charge >= 0.3 is 0 Å². The zero-order valence-corrected chi connectivity index (χ0v) is 18.3. The van der Waals surface area contributed by atoms with Crippen LogP contribution in [0.5, 0.6) is 0 Å². The van der Waals surface area contributed by atoms with Crippen LogP contribution in [-0.4, -0.2) is 35.0 Å². The smallest absolute Gasteiger partial charge is 0.263 e. The van der Waals surface area contributed by atoms with Gasteiger partial charge in [0.1, 0.15) is 17.2 Å². The van der Waals surface area contributed by atoms with E-state index in [1.807, 2.05) is 0 Å². The van der Waals surface area contributed by atoms with E-state index >= 15 is 0 Å². The number of rotatable bonds is 3. The number of benzene rings is 1. The van der Waals surface area contributed by atoms with Crippen molar-refractivity contribution in [1.29, 1.82) is 0 Å². The predicted octanol–water partition coefficient (Wildman–Crippen LogP) is 3.70. The highest BCUT2D eigenvalue weighted by Crippen LogP contribution is 2.39. The number of nitrogens with two attached hydrogens (primary N) is 1. The van der Waals surface area contributed by atoms with Crippen molar-refractivity contribution >= 4 is 38.2 Å². The molecule has 0 saturated heterocycles. The average molecular weight is 465 g/mol. The third-order valence-electron chi connectivity index (χ3n) is 5.50. The molecule has 162 valence electrons. The molecule has 0 amide bonds. The molecule has 0 aliphatic carbocycles. The van der Waals surface area contributed by atoms with Gasteiger partial charge in [0, 0.05) is 29.8 Å². The molecule has 3 aromatic rings. The summed E-state index contributed by atoms with van der Waals surface area (Å²) in [4.78, 5) is 12.8. The van der Waals surface area contributed by atoms with Crippen molar-refractivity contribution in [3.05, 3.63) is 70.4 Å². The third-order valence-corrected chi connectivity index (χ3v) is 8.03. The number of sulfone groups is 1. The van der Waals surface area contributed by atoms with Crippen LogP contribution in [0.4, 0.5) is 8.78 Å². The first-order valence-electron chi connectivity index (χ1n) is 9.38. The van der Waals surface area contributed by atoms with Gasteiger partial charge in [-0.15, -0.1) is 0 Å². The fraction of sp³-hybridized carbons (Fsp3) is 0.286. The Morgan fingerprint density at radius 3 is 2.65 bits per heavy atom. The van der Waals surface area contributed by atoms with E-state index in [-0.39, 0.29) is 5.56 Å². The maximum atomic E-state index is 14.8. The molecule has 6 nitrogen and oxygen atoms in total. The zero-order valence-electron chi connectivity index (χ0n) is 16.7. The highest BCUT2D eigenvalue weighted by molar-refractivity contribution is 7.93. The van der Waals surface area contributed by atoms with E-state index in [9.17, 15) is 17.2 Å². The van der Waals surface area contributed by atoms with Crippen LogP contribution in [0, 0.1) is 5.82 Å². The zero-order chi connectivity index (χ0) is 22.6. The summed E-state index contributed by atoms with van der Waals surface area (Å²) in [5.41, 5.74) is 6.05.